The lowest BCUT2D eigenvalue weighted by Gasteiger charge is -2.29. The number of sulfonamides is 1. The lowest BCUT2D eigenvalue weighted by atomic mass is 10.1. The van der Waals surface area contributed by atoms with Gasteiger partial charge in [0.25, 0.3) is 10.0 Å². The quantitative estimate of drug-likeness (QED) is 0.620. The molecule has 0 saturated carbocycles. The number of benzene rings is 2. The van der Waals surface area contributed by atoms with Crippen molar-refractivity contribution in [2.45, 2.75) is 37.9 Å². The monoisotopic (exact) mass is 481 g/mol. The summed E-state index contributed by atoms with van der Waals surface area (Å²) >= 11 is 0. The summed E-state index contributed by atoms with van der Waals surface area (Å²) in [5, 5.41) is 0. The molecule has 180 valence electrons. The number of halogens is 2. The fraction of sp³-hybridized carbons (Fsp3) is 0.478. The third-order valence-corrected chi connectivity index (χ3v) is 7.78. The molecule has 0 atom stereocenters. The van der Waals surface area contributed by atoms with Gasteiger partial charge in [0.15, 0.2) is 11.5 Å². The maximum absolute atomic E-state index is 13.7. The third kappa shape index (κ3) is 4.72. The predicted octanol–water partition coefficient (Wildman–Crippen LogP) is 4.06. The van der Waals surface area contributed by atoms with Gasteiger partial charge < -0.3 is 19.3 Å². The van der Waals surface area contributed by atoms with Crippen LogP contribution in [0.1, 0.15) is 25.3 Å². The Hall–Kier alpha value is -2.59. The van der Waals surface area contributed by atoms with Crippen molar-refractivity contribution in [1.29, 1.82) is 0 Å². The van der Waals surface area contributed by atoms with Gasteiger partial charge in [-0.15, -0.1) is 8.78 Å². The second-order valence-electron chi connectivity index (χ2n) is 8.44. The fourth-order valence-electron chi connectivity index (χ4n) is 4.24. The van der Waals surface area contributed by atoms with E-state index in [2.05, 4.69) is 26.3 Å². The highest BCUT2D eigenvalue weighted by Gasteiger charge is 2.46. The Morgan fingerprint density at radius 1 is 1.09 bits per heavy atom. The third-order valence-electron chi connectivity index (χ3n) is 5.93. The number of ether oxygens (including phenoxy) is 2. The zero-order valence-electron chi connectivity index (χ0n) is 19.1. The number of hydrogen-bond donors (Lipinski definition) is 0. The average molecular weight is 482 g/mol. The highest BCUT2D eigenvalue weighted by atomic mass is 32.2. The van der Waals surface area contributed by atoms with Gasteiger partial charge in [0, 0.05) is 31.9 Å². The van der Waals surface area contributed by atoms with Gasteiger partial charge >= 0.3 is 6.29 Å². The zero-order chi connectivity index (χ0) is 23.8. The van der Waals surface area contributed by atoms with E-state index < -0.39 is 22.1 Å². The molecule has 0 aliphatic carbocycles. The van der Waals surface area contributed by atoms with Crippen LogP contribution in [0.3, 0.4) is 0 Å². The Balaban J connectivity index is 1.74. The van der Waals surface area contributed by atoms with Crippen LogP contribution in [0.15, 0.2) is 41.3 Å². The highest BCUT2D eigenvalue weighted by molar-refractivity contribution is 7.93. The number of nitrogens with zero attached hydrogens (tertiary/aromatic N) is 3. The Bertz CT molecular complexity index is 1130. The molecule has 2 aromatic carbocycles. The summed E-state index contributed by atoms with van der Waals surface area (Å²) in [6.45, 7) is 7.71. The molecule has 0 aromatic heterocycles. The molecule has 0 amide bonds. The molecule has 0 spiro atoms. The molecule has 10 heteroatoms. The smallest absolute Gasteiger partial charge is 0.395 e. The summed E-state index contributed by atoms with van der Waals surface area (Å²) < 4.78 is 65.0. The van der Waals surface area contributed by atoms with Crippen molar-refractivity contribution in [3.63, 3.8) is 0 Å². The summed E-state index contributed by atoms with van der Waals surface area (Å²) in [5.74, 6) is -0.762. The first-order chi connectivity index (χ1) is 15.6. The Morgan fingerprint density at radius 2 is 1.88 bits per heavy atom. The number of aryl methyl sites for hydroxylation is 1. The Labute approximate surface area is 193 Å². The van der Waals surface area contributed by atoms with Gasteiger partial charge in [-0.05, 0) is 63.2 Å². The van der Waals surface area contributed by atoms with E-state index in [0.717, 1.165) is 43.9 Å². The maximum Gasteiger partial charge on any atom is 0.586 e. The molecule has 0 radical (unpaired) electrons. The van der Waals surface area contributed by atoms with E-state index in [4.69, 9.17) is 0 Å². The number of rotatable bonds is 6. The molecule has 1 saturated heterocycles. The number of hydrogen-bond acceptors (Lipinski definition) is 6. The van der Waals surface area contributed by atoms with Crippen molar-refractivity contribution in [1.82, 2.24) is 4.90 Å². The minimum Gasteiger partial charge on any atom is -0.395 e. The van der Waals surface area contributed by atoms with Crippen LogP contribution in [0.5, 0.6) is 11.5 Å². The zero-order valence-corrected chi connectivity index (χ0v) is 19.9. The summed E-state index contributed by atoms with van der Waals surface area (Å²) in [5.41, 5.74) is 2.51. The van der Waals surface area contributed by atoms with Gasteiger partial charge in [0.1, 0.15) is 4.90 Å². The van der Waals surface area contributed by atoms with Crippen molar-refractivity contribution >= 4 is 21.4 Å². The van der Waals surface area contributed by atoms with Crippen LogP contribution in [0.25, 0.3) is 0 Å². The molecular weight excluding hydrogens is 452 g/mol. The van der Waals surface area contributed by atoms with Crippen molar-refractivity contribution < 1.29 is 26.7 Å². The fourth-order valence-corrected chi connectivity index (χ4v) is 5.92. The van der Waals surface area contributed by atoms with Crippen LogP contribution in [0.4, 0.5) is 20.2 Å². The highest BCUT2D eigenvalue weighted by Crippen LogP contribution is 2.46. The molecule has 0 unspecified atom stereocenters. The molecule has 2 aliphatic heterocycles. The van der Waals surface area contributed by atoms with E-state index in [9.17, 15) is 17.2 Å². The van der Waals surface area contributed by atoms with E-state index >= 15 is 0 Å². The number of fused-ring (bicyclic) bond motifs is 1. The van der Waals surface area contributed by atoms with Gasteiger partial charge in [-0.3, -0.25) is 4.31 Å². The van der Waals surface area contributed by atoms with Gasteiger partial charge in [-0.2, -0.15) is 0 Å². The molecule has 7 nitrogen and oxygen atoms in total. The summed E-state index contributed by atoms with van der Waals surface area (Å²) in [7, 11) is -2.11. The first-order valence-corrected chi connectivity index (χ1v) is 12.5. The standard InChI is InChI=1S/C23H29F2N3O4S/c1-4-11-28(33(29,30)21-8-5-7-20-22(21)32-23(24,25)31-20)18-10-9-17(2)19(16-18)27-13-6-12-26(3)14-15-27/h5,7-10,16H,4,6,11-15H2,1-3H3. The van der Waals surface area contributed by atoms with Gasteiger partial charge in [0.2, 0.25) is 0 Å². The molecule has 4 rings (SSSR count). The number of anilines is 2. The molecule has 0 bridgehead atoms. The van der Waals surface area contributed by atoms with Gasteiger partial charge in [-0.1, -0.05) is 19.1 Å². The summed E-state index contributed by atoms with van der Waals surface area (Å²) in [4.78, 5) is 4.21. The predicted molar refractivity (Wildman–Crippen MR) is 123 cm³/mol. The van der Waals surface area contributed by atoms with Gasteiger partial charge in [-0.25, -0.2) is 8.42 Å². The minimum absolute atomic E-state index is 0.189. The van der Waals surface area contributed by atoms with E-state index in [-0.39, 0.29) is 17.2 Å². The molecule has 2 aliphatic rings. The van der Waals surface area contributed by atoms with Crippen molar-refractivity contribution in [3.8, 4) is 11.5 Å². The van der Waals surface area contributed by atoms with Crippen LogP contribution in [-0.4, -0.2) is 59.4 Å². The van der Waals surface area contributed by atoms with Crippen molar-refractivity contribution in [2.24, 2.45) is 0 Å². The molecule has 1 fully saturated rings. The lowest BCUT2D eigenvalue weighted by molar-refractivity contribution is -0.287. The normalized spacial score (nSPS) is 18.3. The van der Waals surface area contributed by atoms with E-state index in [0.29, 0.717) is 12.1 Å². The van der Waals surface area contributed by atoms with Crippen LogP contribution in [0.2, 0.25) is 0 Å². The lowest BCUT2D eigenvalue weighted by Crippen LogP contribution is -2.33. The van der Waals surface area contributed by atoms with Crippen LogP contribution in [-0.2, 0) is 10.0 Å². The van der Waals surface area contributed by atoms with E-state index in [1.807, 2.05) is 26.0 Å². The molecular formula is C23H29F2N3O4S. The first kappa shape index (κ1) is 23.6. The minimum atomic E-state index is -4.20. The van der Waals surface area contributed by atoms with Gasteiger partial charge in [0.05, 0.1) is 5.69 Å². The summed E-state index contributed by atoms with van der Waals surface area (Å²) in [6.07, 6.45) is -2.35. The summed E-state index contributed by atoms with van der Waals surface area (Å²) in [6, 6.07) is 9.44. The van der Waals surface area contributed by atoms with Crippen LogP contribution >= 0.6 is 0 Å². The van der Waals surface area contributed by atoms with E-state index in [1.165, 1.54) is 22.5 Å². The van der Waals surface area contributed by atoms with Crippen LogP contribution in [0, 0.1) is 6.92 Å². The maximum atomic E-state index is 13.7. The van der Waals surface area contributed by atoms with Crippen molar-refractivity contribution in [3.05, 3.63) is 42.0 Å². The number of alkyl halides is 2. The van der Waals surface area contributed by atoms with Crippen molar-refractivity contribution in [2.75, 3.05) is 49.0 Å². The average Bonchev–Trinajstić information content (AvgIpc) is 2.92. The Morgan fingerprint density at radius 3 is 2.64 bits per heavy atom. The number of para-hydroxylation sites is 1. The van der Waals surface area contributed by atoms with Crippen LogP contribution < -0.4 is 18.7 Å². The van der Waals surface area contributed by atoms with E-state index in [1.54, 1.807) is 6.07 Å². The second-order valence-corrected chi connectivity index (χ2v) is 10.3. The second kappa shape index (κ2) is 8.98. The SMILES string of the molecule is CCCN(c1ccc(C)c(N2CCCN(C)CC2)c1)S(=O)(=O)c1cccc2c1OC(F)(F)O2. The molecule has 2 aromatic rings. The first-order valence-electron chi connectivity index (χ1n) is 11.1. The molecule has 0 N–H and O–H groups in total. The Kier molecular flexibility index (Phi) is 6.41. The largest absolute Gasteiger partial charge is 0.586 e. The number of likely N-dealkylation sites (N-methyl/N-ethyl adjacent to an activating group) is 1. The topological polar surface area (TPSA) is 62.3 Å². The molecule has 33 heavy (non-hydrogen) atoms. The molecule has 2 heterocycles.